The molecule has 0 aliphatic heterocycles. The number of esters is 1. The fourth-order valence-electron chi connectivity index (χ4n) is 3.05. The molecule has 4 rings (SSSR count). The molecule has 9 nitrogen and oxygen atoms in total. The van der Waals surface area contributed by atoms with Gasteiger partial charge >= 0.3 is 5.97 Å². The van der Waals surface area contributed by atoms with Crippen LogP contribution < -0.4 is 9.47 Å². The SMILES string of the molecule is CC(=O)Oc1cc(COC(CCc2nn[nH]n2)Oc2ccccc2)nc2ccccc12. The quantitative estimate of drug-likeness (QED) is 0.325. The molecule has 31 heavy (non-hydrogen) atoms. The van der Waals surface area contributed by atoms with Crippen LogP contribution >= 0.6 is 0 Å². The molecule has 158 valence electrons. The minimum Gasteiger partial charge on any atom is -0.465 e. The fourth-order valence-corrected chi connectivity index (χ4v) is 3.05. The van der Waals surface area contributed by atoms with Crippen molar-refractivity contribution in [1.29, 1.82) is 0 Å². The van der Waals surface area contributed by atoms with Gasteiger partial charge in [0.25, 0.3) is 0 Å². The van der Waals surface area contributed by atoms with E-state index in [1.807, 2.05) is 54.6 Å². The number of aryl methyl sites for hydroxylation is 1. The Kier molecular flexibility index (Phi) is 6.44. The van der Waals surface area contributed by atoms with Crippen molar-refractivity contribution < 1.29 is 19.0 Å². The molecule has 9 heteroatoms. The van der Waals surface area contributed by atoms with Crippen LogP contribution in [0.5, 0.6) is 11.5 Å². The molecule has 0 spiro atoms. The number of benzene rings is 2. The van der Waals surface area contributed by atoms with Gasteiger partial charge in [-0.3, -0.25) is 9.78 Å². The standard InChI is InChI=1S/C22H21N5O4/c1-15(28)30-20-13-16(23-19-10-6-5-9-18(19)20)14-29-22(12-11-21-24-26-27-25-21)31-17-7-3-2-4-8-17/h2-10,13,22H,11-12,14H2,1H3,(H,24,25,26,27). The predicted molar refractivity (Wildman–Crippen MR) is 111 cm³/mol. The Bertz CT molecular complexity index is 1140. The van der Waals surface area contributed by atoms with Crippen LogP contribution in [0.25, 0.3) is 10.9 Å². The molecule has 4 aromatic rings. The van der Waals surface area contributed by atoms with E-state index in [0.29, 0.717) is 41.4 Å². The Morgan fingerprint density at radius 2 is 1.90 bits per heavy atom. The molecule has 1 atom stereocenters. The smallest absolute Gasteiger partial charge is 0.308 e. The molecule has 0 aliphatic rings. The second kappa shape index (κ2) is 9.77. The summed E-state index contributed by atoms with van der Waals surface area (Å²) in [5.41, 5.74) is 1.34. The molecule has 0 radical (unpaired) electrons. The fraction of sp³-hybridized carbons (Fsp3) is 0.227. The van der Waals surface area contributed by atoms with Gasteiger partial charge in [-0.25, -0.2) is 0 Å². The number of tetrazole rings is 1. The van der Waals surface area contributed by atoms with E-state index >= 15 is 0 Å². The highest BCUT2D eigenvalue weighted by molar-refractivity contribution is 5.87. The van der Waals surface area contributed by atoms with Gasteiger partial charge in [0.2, 0.25) is 6.29 Å². The number of fused-ring (bicyclic) bond motifs is 1. The predicted octanol–water partition coefficient (Wildman–Crippen LogP) is 3.23. The highest BCUT2D eigenvalue weighted by Gasteiger charge is 2.15. The number of aromatic nitrogens is 5. The summed E-state index contributed by atoms with van der Waals surface area (Å²) >= 11 is 0. The van der Waals surface area contributed by atoms with E-state index in [1.54, 1.807) is 6.07 Å². The largest absolute Gasteiger partial charge is 0.465 e. The van der Waals surface area contributed by atoms with Gasteiger partial charge in [-0.15, -0.1) is 10.2 Å². The minimum atomic E-state index is -0.564. The molecular formula is C22H21N5O4. The van der Waals surface area contributed by atoms with Crippen LogP contribution in [0, 0.1) is 0 Å². The lowest BCUT2D eigenvalue weighted by Crippen LogP contribution is -2.22. The Morgan fingerprint density at radius 1 is 1.10 bits per heavy atom. The van der Waals surface area contributed by atoms with Gasteiger partial charge in [0.1, 0.15) is 11.5 Å². The lowest BCUT2D eigenvalue weighted by atomic mass is 10.2. The van der Waals surface area contributed by atoms with Crippen molar-refractivity contribution in [2.24, 2.45) is 0 Å². The van der Waals surface area contributed by atoms with Crippen LogP contribution in [-0.4, -0.2) is 37.9 Å². The first-order chi connectivity index (χ1) is 15.2. The van der Waals surface area contributed by atoms with Gasteiger partial charge < -0.3 is 14.2 Å². The molecule has 1 N–H and O–H groups in total. The summed E-state index contributed by atoms with van der Waals surface area (Å²) in [5, 5.41) is 14.7. The molecule has 0 fully saturated rings. The summed E-state index contributed by atoms with van der Waals surface area (Å²) in [6, 6.07) is 18.6. The average Bonchev–Trinajstić information content (AvgIpc) is 3.30. The Morgan fingerprint density at radius 3 is 2.68 bits per heavy atom. The maximum Gasteiger partial charge on any atom is 0.308 e. The van der Waals surface area contributed by atoms with Crippen molar-refractivity contribution in [2.45, 2.75) is 32.7 Å². The molecule has 2 aromatic carbocycles. The first-order valence-electron chi connectivity index (χ1n) is 9.80. The number of hydrogen-bond acceptors (Lipinski definition) is 8. The molecular weight excluding hydrogens is 398 g/mol. The zero-order valence-corrected chi connectivity index (χ0v) is 16.9. The molecule has 0 saturated carbocycles. The van der Waals surface area contributed by atoms with Crippen molar-refractivity contribution in [3.05, 3.63) is 72.2 Å². The Balaban J connectivity index is 1.51. The van der Waals surface area contributed by atoms with Gasteiger partial charge in [-0.1, -0.05) is 35.5 Å². The third-order valence-corrected chi connectivity index (χ3v) is 4.41. The van der Waals surface area contributed by atoms with E-state index < -0.39 is 12.3 Å². The van der Waals surface area contributed by atoms with Crippen LogP contribution in [0.15, 0.2) is 60.7 Å². The van der Waals surface area contributed by atoms with E-state index in [4.69, 9.17) is 14.2 Å². The Hall–Kier alpha value is -3.85. The van der Waals surface area contributed by atoms with Crippen molar-refractivity contribution in [3.63, 3.8) is 0 Å². The molecule has 0 bridgehead atoms. The number of para-hydroxylation sites is 2. The number of carbonyl (C=O) groups is 1. The van der Waals surface area contributed by atoms with Gasteiger partial charge in [0.05, 0.1) is 17.8 Å². The molecule has 2 aromatic heterocycles. The summed E-state index contributed by atoms with van der Waals surface area (Å²) < 4.78 is 17.4. The third kappa shape index (κ3) is 5.61. The zero-order valence-electron chi connectivity index (χ0n) is 16.9. The lowest BCUT2D eigenvalue weighted by molar-refractivity contribution is -0.131. The topological polar surface area (TPSA) is 112 Å². The summed E-state index contributed by atoms with van der Waals surface area (Å²) in [6.45, 7) is 1.54. The monoisotopic (exact) mass is 419 g/mol. The van der Waals surface area contributed by atoms with Crippen LogP contribution in [0.3, 0.4) is 0 Å². The second-order valence-electron chi connectivity index (χ2n) is 6.76. The van der Waals surface area contributed by atoms with Crippen molar-refractivity contribution >= 4 is 16.9 Å². The zero-order chi connectivity index (χ0) is 21.5. The number of carbonyl (C=O) groups excluding carboxylic acids is 1. The number of aromatic amines is 1. The minimum absolute atomic E-state index is 0.169. The van der Waals surface area contributed by atoms with E-state index in [1.165, 1.54) is 6.92 Å². The van der Waals surface area contributed by atoms with Crippen molar-refractivity contribution in [1.82, 2.24) is 25.6 Å². The van der Waals surface area contributed by atoms with E-state index in [-0.39, 0.29) is 6.61 Å². The average molecular weight is 419 g/mol. The summed E-state index contributed by atoms with van der Waals surface area (Å²) in [7, 11) is 0. The number of nitrogens with one attached hydrogen (secondary N) is 1. The van der Waals surface area contributed by atoms with E-state index in [0.717, 1.165) is 5.39 Å². The number of ether oxygens (including phenoxy) is 3. The maximum atomic E-state index is 11.5. The third-order valence-electron chi connectivity index (χ3n) is 4.41. The van der Waals surface area contributed by atoms with Crippen LogP contribution in [0.1, 0.15) is 24.9 Å². The number of nitrogens with zero attached hydrogens (tertiary/aromatic N) is 4. The summed E-state index contributed by atoms with van der Waals surface area (Å²) in [4.78, 5) is 16.1. The Labute approximate surface area is 178 Å². The second-order valence-corrected chi connectivity index (χ2v) is 6.76. The highest BCUT2D eigenvalue weighted by Crippen LogP contribution is 2.26. The van der Waals surface area contributed by atoms with E-state index in [2.05, 4.69) is 25.6 Å². The first kappa shape index (κ1) is 20.4. The molecule has 2 heterocycles. The normalized spacial score (nSPS) is 11.9. The molecule has 1 unspecified atom stereocenters. The highest BCUT2D eigenvalue weighted by atomic mass is 16.7. The molecule has 0 saturated heterocycles. The summed E-state index contributed by atoms with van der Waals surface area (Å²) in [5.74, 6) is 1.32. The number of H-pyrrole nitrogens is 1. The molecule has 0 amide bonds. The van der Waals surface area contributed by atoms with Gasteiger partial charge in [0.15, 0.2) is 5.82 Å². The van der Waals surface area contributed by atoms with Gasteiger partial charge in [-0.2, -0.15) is 5.21 Å². The first-order valence-corrected chi connectivity index (χ1v) is 9.80. The van der Waals surface area contributed by atoms with Gasteiger partial charge in [0, 0.05) is 31.2 Å². The van der Waals surface area contributed by atoms with Crippen LogP contribution in [-0.2, 0) is 22.6 Å². The van der Waals surface area contributed by atoms with Crippen LogP contribution in [0.4, 0.5) is 0 Å². The maximum absolute atomic E-state index is 11.5. The summed E-state index contributed by atoms with van der Waals surface area (Å²) in [6.07, 6.45) is 0.475. The molecule has 0 aliphatic carbocycles. The number of rotatable bonds is 9. The van der Waals surface area contributed by atoms with E-state index in [9.17, 15) is 4.79 Å². The van der Waals surface area contributed by atoms with Crippen molar-refractivity contribution in [3.8, 4) is 11.5 Å². The van der Waals surface area contributed by atoms with Crippen molar-refractivity contribution in [2.75, 3.05) is 0 Å². The lowest BCUT2D eigenvalue weighted by Gasteiger charge is -2.19. The van der Waals surface area contributed by atoms with Gasteiger partial charge in [-0.05, 0) is 24.3 Å². The van der Waals surface area contributed by atoms with Crippen LogP contribution in [0.2, 0.25) is 0 Å². The number of pyridine rings is 1. The number of hydrogen-bond donors (Lipinski definition) is 1.